The van der Waals surface area contributed by atoms with Gasteiger partial charge in [-0.15, -0.1) is 0 Å². The number of likely N-dealkylation sites (N-methyl/N-ethyl adjacent to an activating group) is 1. The maximum Gasteiger partial charge on any atom is 0.279 e. The summed E-state index contributed by atoms with van der Waals surface area (Å²) >= 11 is 0. The second-order valence-electron chi connectivity index (χ2n) is 10.1. The number of piperazine rings is 1. The van der Waals surface area contributed by atoms with Crippen molar-refractivity contribution in [2.45, 2.75) is 51.0 Å². The maximum atomic E-state index is 13.6. The number of nitrogens with one attached hydrogen (secondary N) is 1. The average Bonchev–Trinajstić information content (AvgIpc) is 3.28. The number of aromatic nitrogens is 5. The highest BCUT2D eigenvalue weighted by atomic mass is 32.2. The van der Waals surface area contributed by atoms with Crippen LogP contribution in [0, 0.1) is 5.92 Å². The molecule has 0 atom stereocenters. The maximum absolute atomic E-state index is 13.6. The van der Waals surface area contributed by atoms with Crippen LogP contribution in [0.25, 0.3) is 22.4 Å². The van der Waals surface area contributed by atoms with E-state index in [2.05, 4.69) is 26.9 Å². The lowest BCUT2D eigenvalue weighted by atomic mass is 9.85. The second kappa shape index (κ2) is 11.7. The molecule has 1 aliphatic heterocycles. The fraction of sp³-hybridized carbons (Fsp3) is 0.615. The standard InChI is InChI=1S/C26H37N7O5S/c1-4-21-22-23(30-33(21)17-18-7-6-8-18)25(34)29-24(28-22)20-15-19(16-27-26(20)38-14-13-37-3)39(35,36)32-11-9-31(5-2)10-12-32/h15-16,18H,4-14,17H2,1-3H3,(H,28,29,34). The molecule has 2 fully saturated rings. The van der Waals surface area contributed by atoms with Crippen LogP contribution in [-0.2, 0) is 27.7 Å². The van der Waals surface area contributed by atoms with E-state index in [4.69, 9.17) is 14.5 Å². The van der Waals surface area contributed by atoms with E-state index in [1.54, 1.807) is 7.11 Å². The van der Waals surface area contributed by atoms with Crippen molar-refractivity contribution in [2.75, 3.05) is 53.0 Å². The highest BCUT2D eigenvalue weighted by Gasteiger charge is 2.30. The van der Waals surface area contributed by atoms with Crippen LogP contribution in [0.3, 0.4) is 0 Å². The molecule has 3 aromatic heterocycles. The fourth-order valence-electron chi connectivity index (χ4n) is 5.13. The number of H-pyrrole nitrogens is 1. The highest BCUT2D eigenvalue weighted by molar-refractivity contribution is 7.89. The van der Waals surface area contributed by atoms with Crippen LogP contribution in [0.1, 0.15) is 38.8 Å². The van der Waals surface area contributed by atoms with Crippen LogP contribution in [0.15, 0.2) is 22.0 Å². The van der Waals surface area contributed by atoms with E-state index in [0.29, 0.717) is 56.2 Å². The Labute approximate surface area is 228 Å². The van der Waals surface area contributed by atoms with E-state index >= 15 is 0 Å². The number of methoxy groups -OCH3 is 1. The minimum atomic E-state index is -3.81. The van der Waals surface area contributed by atoms with Gasteiger partial charge in [0.15, 0.2) is 5.52 Å². The molecule has 0 bridgehead atoms. The summed E-state index contributed by atoms with van der Waals surface area (Å²) < 4.78 is 41.4. The van der Waals surface area contributed by atoms with Gasteiger partial charge in [-0.25, -0.2) is 18.4 Å². The Morgan fingerprint density at radius 3 is 2.51 bits per heavy atom. The number of pyridine rings is 1. The first kappa shape index (κ1) is 27.7. The summed E-state index contributed by atoms with van der Waals surface area (Å²) in [6, 6.07) is 1.49. The molecule has 3 aromatic rings. The van der Waals surface area contributed by atoms with Crippen LogP contribution in [0.4, 0.5) is 0 Å². The molecule has 2 aliphatic rings. The Balaban J connectivity index is 1.56. The van der Waals surface area contributed by atoms with Gasteiger partial charge in [0.2, 0.25) is 15.9 Å². The predicted molar refractivity (Wildman–Crippen MR) is 146 cm³/mol. The summed E-state index contributed by atoms with van der Waals surface area (Å²) in [5, 5.41) is 4.59. The molecule has 39 heavy (non-hydrogen) atoms. The minimum Gasteiger partial charge on any atom is -0.475 e. The fourth-order valence-corrected chi connectivity index (χ4v) is 6.52. The van der Waals surface area contributed by atoms with Crippen molar-refractivity contribution >= 4 is 21.1 Å². The molecule has 0 radical (unpaired) electrons. The van der Waals surface area contributed by atoms with Crippen molar-refractivity contribution in [1.29, 1.82) is 0 Å². The number of aryl methyl sites for hydroxylation is 1. The topological polar surface area (TPSA) is 136 Å². The number of sulfonamides is 1. The van der Waals surface area contributed by atoms with Gasteiger partial charge in [0.1, 0.15) is 22.8 Å². The van der Waals surface area contributed by atoms with Crippen molar-refractivity contribution in [3.63, 3.8) is 0 Å². The van der Waals surface area contributed by atoms with Crippen molar-refractivity contribution in [1.82, 2.24) is 33.9 Å². The zero-order valence-corrected chi connectivity index (χ0v) is 23.7. The van der Waals surface area contributed by atoms with Gasteiger partial charge in [-0.05, 0) is 37.8 Å². The number of rotatable bonds is 11. The van der Waals surface area contributed by atoms with Gasteiger partial charge in [0.25, 0.3) is 5.56 Å². The Hall–Kier alpha value is -2.87. The Bertz CT molecular complexity index is 1470. The molecule has 0 unspecified atom stereocenters. The molecule has 0 amide bonds. The summed E-state index contributed by atoms with van der Waals surface area (Å²) in [5.74, 6) is 0.927. The lowest BCUT2D eigenvalue weighted by molar-refractivity contribution is 0.144. The van der Waals surface area contributed by atoms with Gasteiger partial charge < -0.3 is 19.4 Å². The SMILES string of the molecule is CCc1c2nc(-c3cc(S(=O)(=O)N4CCN(CC)CC4)cnc3OCCOC)[nH]c(=O)c2nn1CC1CCC1. The number of aromatic amines is 1. The molecule has 1 saturated heterocycles. The molecule has 212 valence electrons. The van der Waals surface area contributed by atoms with Crippen LogP contribution < -0.4 is 10.3 Å². The Morgan fingerprint density at radius 2 is 1.87 bits per heavy atom. The van der Waals surface area contributed by atoms with Gasteiger partial charge in [-0.1, -0.05) is 20.3 Å². The molecular formula is C26H37N7O5S. The third kappa shape index (κ3) is 5.58. The molecule has 0 spiro atoms. The molecule has 5 rings (SSSR count). The molecule has 0 aromatic carbocycles. The molecule has 12 nitrogen and oxygen atoms in total. The van der Waals surface area contributed by atoms with Crippen molar-refractivity contribution in [2.24, 2.45) is 5.92 Å². The monoisotopic (exact) mass is 559 g/mol. The summed E-state index contributed by atoms with van der Waals surface area (Å²) in [6.45, 7) is 8.39. The molecule has 1 N–H and O–H groups in total. The number of hydrogen-bond acceptors (Lipinski definition) is 9. The third-order valence-electron chi connectivity index (χ3n) is 7.71. The molecule has 1 aliphatic carbocycles. The van der Waals surface area contributed by atoms with E-state index in [9.17, 15) is 13.2 Å². The van der Waals surface area contributed by atoms with Crippen LogP contribution >= 0.6 is 0 Å². The van der Waals surface area contributed by atoms with Crippen molar-refractivity contribution in [3.8, 4) is 17.3 Å². The Morgan fingerprint density at radius 1 is 1.10 bits per heavy atom. The number of fused-ring (bicyclic) bond motifs is 1. The summed E-state index contributed by atoms with van der Waals surface area (Å²) in [4.78, 5) is 27.4. The highest BCUT2D eigenvalue weighted by Crippen LogP contribution is 2.32. The Kier molecular flexibility index (Phi) is 8.31. The lowest BCUT2D eigenvalue weighted by Crippen LogP contribution is -2.48. The summed E-state index contributed by atoms with van der Waals surface area (Å²) in [6.07, 6.45) is 5.51. The quantitative estimate of drug-likeness (QED) is 0.349. The van der Waals surface area contributed by atoms with E-state index < -0.39 is 10.0 Å². The van der Waals surface area contributed by atoms with Crippen molar-refractivity contribution < 1.29 is 17.9 Å². The number of ether oxygens (including phenoxy) is 2. The zero-order chi connectivity index (χ0) is 27.6. The lowest BCUT2D eigenvalue weighted by Gasteiger charge is -2.33. The number of nitrogens with zero attached hydrogens (tertiary/aromatic N) is 6. The van der Waals surface area contributed by atoms with Gasteiger partial charge in [-0.2, -0.15) is 9.40 Å². The zero-order valence-electron chi connectivity index (χ0n) is 22.9. The van der Waals surface area contributed by atoms with Crippen LogP contribution in [0.2, 0.25) is 0 Å². The molecular weight excluding hydrogens is 522 g/mol. The van der Waals surface area contributed by atoms with Gasteiger partial charge in [-0.3, -0.25) is 9.48 Å². The van der Waals surface area contributed by atoms with E-state index in [-0.39, 0.29) is 34.3 Å². The van der Waals surface area contributed by atoms with E-state index in [0.717, 1.165) is 31.6 Å². The van der Waals surface area contributed by atoms with E-state index in [1.807, 2.05) is 11.6 Å². The molecule has 4 heterocycles. The second-order valence-corrected chi connectivity index (χ2v) is 12.0. The predicted octanol–water partition coefficient (Wildman–Crippen LogP) is 1.90. The largest absolute Gasteiger partial charge is 0.475 e. The first-order chi connectivity index (χ1) is 18.8. The van der Waals surface area contributed by atoms with Crippen molar-refractivity contribution in [3.05, 3.63) is 28.3 Å². The normalized spacial score (nSPS) is 17.5. The first-order valence-corrected chi connectivity index (χ1v) is 15.1. The van der Waals surface area contributed by atoms with E-state index in [1.165, 1.54) is 23.0 Å². The van der Waals surface area contributed by atoms with Crippen LogP contribution in [0.5, 0.6) is 5.88 Å². The minimum absolute atomic E-state index is 0.0284. The van der Waals surface area contributed by atoms with Gasteiger partial charge in [0.05, 0.1) is 24.1 Å². The smallest absolute Gasteiger partial charge is 0.279 e. The molecule has 1 saturated carbocycles. The van der Waals surface area contributed by atoms with Crippen LogP contribution in [-0.4, -0.2) is 95.4 Å². The summed E-state index contributed by atoms with van der Waals surface area (Å²) in [5.41, 5.74) is 1.59. The summed E-state index contributed by atoms with van der Waals surface area (Å²) in [7, 11) is -2.25. The average molecular weight is 560 g/mol. The first-order valence-electron chi connectivity index (χ1n) is 13.7. The molecule has 13 heteroatoms. The third-order valence-corrected chi connectivity index (χ3v) is 9.58. The van der Waals surface area contributed by atoms with Gasteiger partial charge in [0, 0.05) is 39.8 Å². The van der Waals surface area contributed by atoms with Gasteiger partial charge >= 0.3 is 0 Å². The number of hydrogen-bond donors (Lipinski definition) is 1.